The fraction of sp³-hybridized carbons (Fsp3) is 0.545. The molecule has 0 aromatic carbocycles. The van der Waals surface area contributed by atoms with Crippen LogP contribution in [-0.4, -0.2) is 56.5 Å². The third-order valence-electron chi connectivity index (χ3n) is 14.5. The van der Waals surface area contributed by atoms with Crippen molar-refractivity contribution in [3.63, 3.8) is 0 Å². The number of aryl methyl sites for hydroxylation is 2. The molecule has 0 amide bonds. The first-order chi connectivity index (χ1) is 30.9. The van der Waals surface area contributed by atoms with Gasteiger partial charge in [-0.25, -0.2) is 9.78 Å². The highest BCUT2D eigenvalue weighted by molar-refractivity contribution is 6.26. The Hall–Kier alpha value is -5.09. The number of methoxy groups -OCH3 is 1. The molecule has 0 spiro atoms. The van der Waals surface area contributed by atoms with E-state index in [2.05, 4.69) is 71.1 Å². The molecule has 5 atom stereocenters. The zero-order valence-corrected chi connectivity index (χ0v) is 41.1. The molecule has 0 saturated carbocycles. The predicted octanol–water partition coefficient (Wildman–Crippen LogP) is 13.1. The molecule has 5 heterocycles. The minimum absolute atomic E-state index is 0.0550. The topological polar surface area (TPSA) is 147 Å². The van der Waals surface area contributed by atoms with Crippen LogP contribution < -0.4 is 0 Å². The smallest absolute Gasteiger partial charge is 0.351 e. The van der Waals surface area contributed by atoms with Gasteiger partial charge in [0.2, 0.25) is 5.78 Å². The fourth-order valence-corrected chi connectivity index (χ4v) is 10.3. The van der Waals surface area contributed by atoms with Crippen LogP contribution in [0, 0.1) is 31.6 Å². The first-order valence-electron chi connectivity index (χ1n) is 24.2. The Balaban J connectivity index is 1.26. The van der Waals surface area contributed by atoms with E-state index in [1.54, 1.807) is 6.92 Å². The Morgan fingerprint density at radius 2 is 1.54 bits per heavy atom. The number of ether oxygens (including phenoxy) is 2. The third kappa shape index (κ3) is 10.3. The lowest BCUT2D eigenvalue weighted by Gasteiger charge is -2.23. The Labute approximate surface area is 386 Å². The maximum Gasteiger partial charge on any atom is 0.351 e. The summed E-state index contributed by atoms with van der Waals surface area (Å²) >= 11 is 0. The van der Waals surface area contributed by atoms with E-state index in [-0.39, 0.29) is 36.0 Å². The standard InChI is InChI=1S/C55H74N4O6/c1-13-39-35(8)42-28-44-37(10)41(24-25-48(60)65-27-26-34(7)23-17-22-33(6)21-16-20-32(5)19-15-18-31(3)4)51(58-44)50-52-49(53(61)55(50,63)54(62)64-12)38(11)45(59-52)30-47-40(14-2)36(9)43(57-47)29-46(39)56-42/h13,26,28-33,37,41,56,59,63H,1,14-25,27H2,2-12H3/b34-26+,42-28?,43-29?,44-28?,45-30?,46-29?,47-30?,51-50?/t32?,33?,37-,41-,55-/m0/s1. The van der Waals surface area contributed by atoms with E-state index in [9.17, 15) is 19.5 Å². The highest BCUT2D eigenvalue weighted by atomic mass is 16.5. The van der Waals surface area contributed by atoms with Gasteiger partial charge in [0, 0.05) is 51.6 Å². The van der Waals surface area contributed by atoms with Gasteiger partial charge in [-0.3, -0.25) is 14.6 Å². The lowest BCUT2D eigenvalue weighted by molar-refractivity contribution is -0.157. The van der Waals surface area contributed by atoms with Crippen LogP contribution in [0.4, 0.5) is 0 Å². The van der Waals surface area contributed by atoms with Gasteiger partial charge in [0.05, 0.1) is 35.3 Å². The van der Waals surface area contributed by atoms with Gasteiger partial charge in [-0.15, -0.1) is 0 Å². The summed E-state index contributed by atoms with van der Waals surface area (Å²) in [4.78, 5) is 58.8. The van der Waals surface area contributed by atoms with Crippen LogP contribution in [0.1, 0.15) is 200 Å². The van der Waals surface area contributed by atoms with E-state index in [0.29, 0.717) is 40.3 Å². The Morgan fingerprint density at radius 3 is 2.18 bits per heavy atom. The highest BCUT2D eigenvalue weighted by Crippen LogP contribution is 2.49. The van der Waals surface area contributed by atoms with Crippen LogP contribution in [0.3, 0.4) is 0 Å². The van der Waals surface area contributed by atoms with E-state index in [4.69, 9.17) is 19.4 Å². The molecule has 6 rings (SSSR count). The summed E-state index contributed by atoms with van der Waals surface area (Å²) in [7, 11) is 1.16. The Kier molecular flexibility index (Phi) is 16.0. The molecule has 0 fully saturated rings. The maximum absolute atomic E-state index is 14.5. The second kappa shape index (κ2) is 21.0. The monoisotopic (exact) mass is 887 g/mol. The SMILES string of the molecule is C=Cc1c(C)c2cc3nc(c4c5[nH]c(cc6nc(cc1[nH]2)C(C)=C6CC)c(C)c5C(=O)[C@]4(O)C(=O)OC)[C@@H](CCC(=O)OC/C=C(\C)CCCC(C)CCCC(C)CCCC(C)C)[C@@H]3C. The van der Waals surface area contributed by atoms with Crippen LogP contribution in [0.25, 0.3) is 39.3 Å². The number of aromatic amines is 2. The predicted molar refractivity (Wildman–Crippen MR) is 263 cm³/mol. The summed E-state index contributed by atoms with van der Waals surface area (Å²) in [6, 6.07) is 5.95. The maximum atomic E-state index is 14.5. The van der Waals surface area contributed by atoms with Gasteiger partial charge in [0.1, 0.15) is 6.61 Å². The number of nitrogens with one attached hydrogen (secondary N) is 2. The van der Waals surface area contributed by atoms with E-state index in [0.717, 1.165) is 82.9 Å². The third-order valence-corrected chi connectivity index (χ3v) is 14.5. The number of nitrogens with zero attached hydrogens (tertiary/aromatic N) is 2. The van der Waals surface area contributed by atoms with E-state index >= 15 is 0 Å². The van der Waals surface area contributed by atoms with Gasteiger partial charge in [-0.05, 0) is 118 Å². The lowest BCUT2D eigenvalue weighted by atomic mass is 9.82. The van der Waals surface area contributed by atoms with Crippen LogP contribution in [0.2, 0.25) is 0 Å². The van der Waals surface area contributed by atoms with Gasteiger partial charge in [-0.2, -0.15) is 0 Å². The van der Waals surface area contributed by atoms with Crippen molar-refractivity contribution in [3.05, 3.63) is 87.0 Å². The number of carbonyl (C=O) groups is 3. The van der Waals surface area contributed by atoms with Crippen molar-refractivity contribution >= 4 is 57.0 Å². The highest BCUT2D eigenvalue weighted by Gasteiger charge is 2.57. The molecule has 3 aromatic rings. The number of H-pyrrole nitrogens is 2. The number of aromatic nitrogens is 4. The van der Waals surface area contributed by atoms with Gasteiger partial charge in [0.15, 0.2) is 0 Å². The second-order valence-electron chi connectivity index (χ2n) is 19.7. The number of ketones is 1. The number of hydrogen-bond donors (Lipinski definition) is 3. The van der Waals surface area contributed by atoms with E-state index in [1.165, 1.54) is 50.5 Å². The lowest BCUT2D eigenvalue weighted by Crippen LogP contribution is -2.42. The van der Waals surface area contributed by atoms with Gasteiger partial charge >= 0.3 is 11.9 Å². The molecule has 0 radical (unpaired) electrons. The van der Waals surface area contributed by atoms with Crippen molar-refractivity contribution in [1.82, 2.24) is 19.9 Å². The summed E-state index contributed by atoms with van der Waals surface area (Å²) in [5.74, 6) is -0.670. The molecule has 8 bridgehead atoms. The number of allylic oxidation sites excluding steroid dienone is 3. The van der Waals surface area contributed by atoms with Crippen LogP contribution in [0.5, 0.6) is 0 Å². The molecule has 0 saturated heterocycles. The molecule has 2 unspecified atom stereocenters. The number of hydrogen-bond acceptors (Lipinski definition) is 8. The minimum atomic E-state index is -2.65. The molecule has 3 aliphatic rings. The Morgan fingerprint density at radius 1 is 0.892 bits per heavy atom. The average Bonchev–Trinajstić information content (AvgIpc) is 3.99. The zero-order valence-electron chi connectivity index (χ0n) is 41.1. The molecular formula is C55H74N4O6. The van der Waals surface area contributed by atoms with Crippen molar-refractivity contribution in [2.45, 2.75) is 164 Å². The van der Waals surface area contributed by atoms with Gasteiger partial charge < -0.3 is 24.5 Å². The van der Waals surface area contributed by atoms with Crippen LogP contribution in [-0.2, 0) is 24.7 Å². The zero-order chi connectivity index (χ0) is 47.3. The van der Waals surface area contributed by atoms with Crippen LogP contribution in [0.15, 0.2) is 36.4 Å². The number of carbonyl (C=O) groups excluding carboxylic acids is 3. The summed E-state index contributed by atoms with van der Waals surface area (Å²) in [5, 5.41) is 12.4. The van der Waals surface area contributed by atoms with Gasteiger partial charge in [-0.1, -0.05) is 105 Å². The summed E-state index contributed by atoms with van der Waals surface area (Å²) in [5.41, 5.74) is 8.66. The first kappa shape index (κ1) is 49.3. The number of rotatable bonds is 20. The molecular weight excluding hydrogens is 813 g/mol. The summed E-state index contributed by atoms with van der Waals surface area (Å²) < 4.78 is 10.9. The number of Topliss-reactive ketones (excluding diaryl/α,β-unsaturated/α-hetero) is 1. The largest absolute Gasteiger partial charge is 0.466 e. The molecule has 10 heteroatoms. The summed E-state index contributed by atoms with van der Waals surface area (Å²) in [6.45, 7) is 25.8. The van der Waals surface area contributed by atoms with Crippen molar-refractivity contribution in [2.24, 2.45) is 17.8 Å². The van der Waals surface area contributed by atoms with E-state index in [1.807, 2.05) is 38.1 Å². The quantitative estimate of drug-likeness (QED) is 0.0577. The first-order valence-corrected chi connectivity index (χ1v) is 24.2. The number of aliphatic hydroxyl groups is 1. The number of fused-ring (bicyclic) bond motifs is 8. The molecule has 10 nitrogen and oxygen atoms in total. The Bertz CT molecular complexity index is 2540. The van der Waals surface area contributed by atoms with Crippen molar-refractivity contribution in [3.8, 4) is 0 Å². The minimum Gasteiger partial charge on any atom is -0.466 e. The molecule has 65 heavy (non-hydrogen) atoms. The van der Waals surface area contributed by atoms with Crippen molar-refractivity contribution < 1.29 is 29.0 Å². The molecule has 3 aromatic heterocycles. The fourth-order valence-electron chi connectivity index (χ4n) is 10.3. The van der Waals surface area contributed by atoms with Crippen LogP contribution >= 0.6 is 0 Å². The average molecular weight is 887 g/mol. The van der Waals surface area contributed by atoms with Crippen molar-refractivity contribution in [2.75, 3.05) is 13.7 Å². The molecule has 3 N–H and O–H groups in total. The van der Waals surface area contributed by atoms with Gasteiger partial charge in [0.25, 0.3) is 5.60 Å². The molecule has 1 aliphatic carbocycles. The molecule has 2 aliphatic heterocycles. The molecule has 350 valence electrons. The second-order valence-corrected chi connectivity index (χ2v) is 19.7. The summed E-state index contributed by atoms with van der Waals surface area (Å²) in [6.07, 6.45) is 16.1. The number of esters is 2. The van der Waals surface area contributed by atoms with Crippen molar-refractivity contribution in [1.29, 1.82) is 0 Å². The normalized spacial score (nSPS) is 19.3. The van der Waals surface area contributed by atoms with E-state index < -0.39 is 23.3 Å².